The first-order chi connectivity index (χ1) is 17.9. The van der Waals surface area contributed by atoms with Crippen LogP contribution in [-0.2, 0) is 19.6 Å². The van der Waals surface area contributed by atoms with Crippen molar-refractivity contribution in [2.24, 2.45) is 11.8 Å². The third-order valence-electron chi connectivity index (χ3n) is 8.84. The number of nitrogens with zero attached hydrogens (tertiary/aromatic N) is 3. The van der Waals surface area contributed by atoms with Crippen LogP contribution < -0.4 is 9.47 Å². The van der Waals surface area contributed by atoms with Crippen LogP contribution in [0.1, 0.15) is 44.9 Å². The number of hydrogen-bond donors (Lipinski definition) is 0. The lowest BCUT2D eigenvalue weighted by atomic mass is 9.70. The minimum Gasteiger partial charge on any atom is -0.497 e. The number of rotatable bonds is 8. The Bertz CT molecular complexity index is 1060. The predicted molar refractivity (Wildman–Crippen MR) is 139 cm³/mol. The number of hydrogen-bond acceptors (Lipinski definition) is 7. The van der Waals surface area contributed by atoms with Gasteiger partial charge in [-0.3, -0.25) is 9.69 Å². The van der Waals surface area contributed by atoms with Crippen LogP contribution in [0.2, 0.25) is 0 Å². The molecule has 4 aliphatic rings. The number of piperidine rings is 3. The van der Waals surface area contributed by atoms with Crippen LogP contribution in [0.4, 0.5) is 0 Å². The zero-order valence-electron chi connectivity index (χ0n) is 22.1. The Morgan fingerprint density at radius 2 is 1.81 bits per heavy atom. The van der Waals surface area contributed by atoms with Crippen molar-refractivity contribution in [2.45, 2.75) is 61.9 Å². The molecular formula is C27H41N3O6S. The second-order valence-electron chi connectivity index (χ2n) is 10.8. The van der Waals surface area contributed by atoms with Gasteiger partial charge < -0.3 is 19.1 Å². The van der Waals surface area contributed by atoms with Crippen molar-refractivity contribution in [3.05, 3.63) is 18.2 Å². The molecule has 37 heavy (non-hydrogen) atoms. The Labute approximate surface area is 221 Å². The SMILES string of the molecule is COc1ccc(OC)c(S(=O)(=O)N2C[C@@H]3CCCN4CCC[C@@H]([C@H]34)[C@H]2CCCC(=O)N2CCOCC2)c1. The van der Waals surface area contributed by atoms with Gasteiger partial charge in [-0.15, -0.1) is 0 Å². The number of morpholine rings is 1. The van der Waals surface area contributed by atoms with E-state index in [1.165, 1.54) is 14.2 Å². The molecule has 0 unspecified atom stereocenters. The third-order valence-corrected chi connectivity index (χ3v) is 10.7. The lowest BCUT2D eigenvalue weighted by Crippen LogP contribution is -2.65. The first kappa shape index (κ1) is 26.7. The molecule has 0 radical (unpaired) electrons. The summed E-state index contributed by atoms with van der Waals surface area (Å²) in [4.78, 5) is 17.5. The van der Waals surface area contributed by atoms with Gasteiger partial charge in [-0.05, 0) is 75.6 Å². The molecule has 10 heteroatoms. The molecule has 0 bridgehead atoms. The summed E-state index contributed by atoms with van der Waals surface area (Å²) in [5.74, 6) is 1.57. The monoisotopic (exact) mass is 535 g/mol. The molecule has 4 aliphatic heterocycles. The minimum atomic E-state index is -3.85. The Hall–Kier alpha value is -1.88. The van der Waals surface area contributed by atoms with Crippen molar-refractivity contribution in [2.75, 3.05) is 60.2 Å². The highest BCUT2D eigenvalue weighted by Gasteiger charge is 2.51. The fourth-order valence-electron chi connectivity index (χ4n) is 7.14. The summed E-state index contributed by atoms with van der Waals surface area (Å²) < 4.78 is 46.6. The summed E-state index contributed by atoms with van der Waals surface area (Å²) >= 11 is 0. The van der Waals surface area contributed by atoms with Crippen LogP contribution in [-0.4, -0.2) is 101 Å². The molecule has 4 atom stereocenters. The predicted octanol–water partition coefficient (Wildman–Crippen LogP) is 2.60. The van der Waals surface area contributed by atoms with E-state index in [1.54, 1.807) is 22.5 Å². The van der Waals surface area contributed by atoms with Gasteiger partial charge in [-0.1, -0.05) is 0 Å². The zero-order valence-corrected chi connectivity index (χ0v) is 23.0. The number of carbonyl (C=O) groups is 1. The van der Waals surface area contributed by atoms with E-state index in [-0.39, 0.29) is 22.8 Å². The van der Waals surface area contributed by atoms with Crippen LogP contribution in [0.5, 0.6) is 11.5 Å². The van der Waals surface area contributed by atoms with Crippen LogP contribution in [0.15, 0.2) is 23.1 Å². The van der Waals surface area contributed by atoms with Crippen LogP contribution >= 0.6 is 0 Å². The molecule has 5 rings (SSSR count). The second kappa shape index (κ2) is 11.5. The molecule has 0 saturated carbocycles. The smallest absolute Gasteiger partial charge is 0.247 e. The van der Waals surface area contributed by atoms with E-state index >= 15 is 0 Å². The standard InChI is InChI=1S/C27H41N3O6S/c1-34-21-10-11-24(35-2)25(18-21)37(32,33)30-19-20-6-4-12-29-13-5-7-22(27(20)29)23(30)8-3-9-26(31)28-14-16-36-17-15-28/h10-11,18,20,22-23,27H,3-9,12-17,19H2,1-2H3/t20-,22+,23+,27-/m0/s1. The molecule has 1 aromatic carbocycles. The molecule has 4 saturated heterocycles. The van der Waals surface area contributed by atoms with Gasteiger partial charge in [0.15, 0.2) is 0 Å². The number of sulfonamides is 1. The van der Waals surface area contributed by atoms with E-state index in [1.807, 2.05) is 4.90 Å². The molecule has 0 spiro atoms. The Balaban J connectivity index is 1.42. The van der Waals surface area contributed by atoms with Gasteiger partial charge in [0.1, 0.15) is 16.4 Å². The molecule has 9 nitrogen and oxygen atoms in total. The molecule has 0 N–H and O–H groups in total. The summed E-state index contributed by atoms with van der Waals surface area (Å²) in [6, 6.07) is 5.26. The number of methoxy groups -OCH3 is 2. The van der Waals surface area contributed by atoms with Crippen LogP contribution in [0, 0.1) is 11.8 Å². The fraction of sp³-hybridized carbons (Fsp3) is 0.741. The maximum Gasteiger partial charge on any atom is 0.247 e. The summed E-state index contributed by atoms with van der Waals surface area (Å²) in [7, 11) is -0.806. The highest BCUT2D eigenvalue weighted by Crippen LogP contribution is 2.46. The van der Waals surface area contributed by atoms with Crippen molar-refractivity contribution >= 4 is 15.9 Å². The molecule has 0 aliphatic carbocycles. The number of benzene rings is 1. The quantitative estimate of drug-likeness (QED) is 0.506. The summed E-state index contributed by atoms with van der Waals surface area (Å²) in [5, 5.41) is 0. The van der Waals surface area contributed by atoms with E-state index in [2.05, 4.69) is 4.90 Å². The summed E-state index contributed by atoms with van der Waals surface area (Å²) in [5.41, 5.74) is 0. The molecule has 1 amide bonds. The molecule has 4 heterocycles. The van der Waals surface area contributed by atoms with Gasteiger partial charge >= 0.3 is 0 Å². The Morgan fingerprint density at radius 3 is 2.54 bits per heavy atom. The Kier molecular flexibility index (Phi) is 8.28. The average molecular weight is 536 g/mol. The molecule has 4 fully saturated rings. The molecule has 1 aromatic rings. The first-order valence-corrected chi connectivity index (χ1v) is 15.2. The van der Waals surface area contributed by atoms with E-state index in [4.69, 9.17) is 14.2 Å². The van der Waals surface area contributed by atoms with E-state index in [9.17, 15) is 13.2 Å². The molecule has 0 aromatic heterocycles. The zero-order chi connectivity index (χ0) is 26.0. The first-order valence-electron chi connectivity index (χ1n) is 13.8. The molecular weight excluding hydrogens is 494 g/mol. The van der Waals surface area contributed by atoms with Gasteiger partial charge in [0, 0.05) is 44.2 Å². The largest absolute Gasteiger partial charge is 0.497 e. The maximum absolute atomic E-state index is 14.3. The van der Waals surface area contributed by atoms with Crippen molar-refractivity contribution in [1.82, 2.24) is 14.1 Å². The van der Waals surface area contributed by atoms with Gasteiger partial charge in [0.25, 0.3) is 0 Å². The van der Waals surface area contributed by atoms with Crippen LogP contribution in [0.3, 0.4) is 0 Å². The van der Waals surface area contributed by atoms with Crippen molar-refractivity contribution < 1.29 is 27.4 Å². The van der Waals surface area contributed by atoms with Crippen molar-refractivity contribution in [3.63, 3.8) is 0 Å². The average Bonchev–Trinajstić information content (AvgIpc) is 2.94. The fourth-order valence-corrected chi connectivity index (χ4v) is 9.06. The van der Waals surface area contributed by atoms with Crippen LogP contribution in [0.25, 0.3) is 0 Å². The Morgan fingerprint density at radius 1 is 1.05 bits per heavy atom. The molecule has 206 valence electrons. The minimum absolute atomic E-state index is 0.138. The van der Waals surface area contributed by atoms with Gasteiger partial charge in [-0.2, -0.15) is 4.31 Å². The lowest BCUT2D eigenvalue weighted by Gasteiger charge is -2.57. The highest BCUT2D eigenvalue weighted by atomic mass is 32.2. The number of amides is 1. The van der Waals surface area contributed by atoms with Gasteiger partial charge in [0.05, 0.1) is 27.4 Å². The number of carbonyl (C=O) groups excluding carboxylic acids is 1. The van der Waals surface area contributed by atoms with Crippen molar-refractivity contribution in [1.29, 1.82) is 0 Å². The van der Waals surface area contributed by atoms with E-state index < -0.39 is 10.0 Å². The number of ether oxygens (including phenoxy) is 3. The van der Waals surface area contributed by atoms with Crippen molar-refractivity contribution in [3.8, 4) is 11.5 Å². The van der Waals surface area contributed by atoms with E-state index in [0.717, 1.165) is 38.8 Å². The highest BCUT2D eigenvalue weighted by molar-refractivity contribution is 7.89. The lowest BCUT2D eigenvalue weighted by molar-refractivity contribution is -0.135. The van der Waals surface area contributed by atoms with Gasteiger partial charge in [-0.25, -0.2) is 8.42 Å². The van der Waals surface area contributed by atoms with E-state index in [0.29, 0.717) is 75.6 Å². The maximum atomic E-state index is 14.3. The third kappa shape index (κ3) is 5.35. The summed E-state index contributed by atoms with van der Waals surface area (Å²) in [6.07, 6.45) is 6.09. The van der Waals surface area contributed by atoms with Gasteiger partial charge in [0.2, 0.25) is 15.9 Å². The second-order valence-corrected chi connectivity index (χ2v) is 12.6. The normalized spacial score (nSPS) is 29.0. The summed E-state index contributed by atoms with van der Waals surface area (Å²) in [6.45, 7) is 5.18. The topological polar surface area (TPSA) is 88.6 Å².